The normalized spacial score (nSPS) is 27.0. The molecule has 28 heavy (non-hydrogen) atoms. The zero-order valence-electron chi connectivity index (χ0n) is 18.1. The summed E-state index contributed by atoms with van der Waals surface area (Å²) in [5, 5.41) is 3.41. The standard InChI is InChI=1S/C21H37N3O2.CH3.W/c1-16(2)20(25)18-3-5-19(6-4-18)21(26)24-11-7-17(8-12-24)15-23-13-9-22-10-14-23;;/h16-19,22H,3-15H2,1-2H3;1H3;/q;-1;. The van der Waals surface area contributed by atoms with E-state index in [2.05, 4.69) is 15.1 Å². The largest absolute Gasteiger partial charge is 0.358 e. The first-order chi connectivity index (χ1) is 12.5. The number of nitrogens with zero attached hydrogens (tertiary/aromatic N) is 2. The van der Waals surface area contributed by atoms with Crippen LogP contribution in [-0.4, -0.2) is 67.3 Å². The van der Waals surface area contributed by atoms with Crippen LogP contribution in [0.25, 0.3) is 0 Å². The van der Waals surface area contributed by atoms with E-state index in [0.29, 0.717) is 11.7 Å². The van der Waals surface area contributed by atoms with Crippen molar-refractivity contribution in [3.05, 3.63) is 7.43 Å². The van der Waals surface area contributed by atoms with Crippen LogP contribution in [0.3, 0.4) is 0 Å². The molecule has 0 aromatic rings. The summed E-state index contributed by atoms with van der Waals surface area (Å²) >= 11 is 0. The minimum Gasteiger partial charge on any atom is -0.358 e. The number of carbonyl (C=O) groups excluding carboxylic acids is 2. The van der Waals surface area contributed by atoms with E-state index in [-0.39, 0.29) is 46.2 Å². The number of piperazine rings is 1. The molecule has 1 saturated carbocycles. The Bertz CT molecular complexity index is 478. The Hall–Kier alpha value is -0.252. The van der Waals surface area contributed by atoms with Crippen molar-refractivity contribution in [2.24, 2.45) is 23.7 Å². The Morgan fingerprint density at radius 1 is 0.893 bits per heavy atom. The van der Waals surface area contributed by atoms with Crippen molar-refractivity contribution in [3.63, 3.8) is 0 Å². The summed E-state index contributed by atoms with van der Waals surface area (Å²) in [5.74, 6) is 1.99. The third kappa shape index (κ3) is 6.92. The van der Waals surface area contributed by atoms with E-state index in [1.54, 1.807) is 0 Å². The molecule has 2 saturated heterocycles. The molecule has 5 nitrogen and oxygen atoms in total. The second-order valence-corrected chi connectivity index (χ2v) is 8.92. The van der Waals surface area contributed by atoms with Crippen LogP contribution >= 0.6 is 0 Å². The van der Waals surface area contributed by atoms with E-state index in [1.165, 1.54) is 6.54 Å². The fourth-order valence-electron chi connectivity index (χ4n) is 4.95. The van der Waals surface area contributed by atoms with E-state index >= 15 is 0 Å². The first-order valence-corrected chi connectivity index (χ1v) is 10.8. The SMILES string of the molecule is CC(C)C(=O)C1CCC(C(=O)N2CCC(CN3CCNCC3)CC2)CC1.[CH3-].[W]. The van der Waals surface area contributed by atoms with Crippen LogP contribution in [0, 0.1) is 31.1 Å². The van der Waals surface area contributed by atoms with Gasteiger partial charge in [-0.05, 0) is 44.4 Å². The number of ketones is 1. The summed E-state index contributed by atoms with van der Waals surface area (Å²) in [7, 11) is 0. The van der Waals surface area contributed by atoms with E-state index in [4.69, 9.17) is 0 Å². The molecule has 0 bridgehead atoms. The van der Waals surface area contributed by atoms with Gasteiger partial charge in [-0.1, -0.05) is 13.8 Å². The maximum absolute atomic E-state index is 12.9. The Morgan fingerprint density at radius 2 is 1.43 bits per heavy atom. The Balaban J connectivity index is 0.00000196. The van der Waals surface area contributed by atoms with Crippen LogP contribution in [0.5, 0.6) is 0 Å². The molecule has 3 rings (SSSR count). The number of piperidine rings is 1. The van der Waals surface area contributed by atoms with Crippen molar-refractivity contribution >= 4 is 11.7 Å². The Morgan fingerprint density at radius 3 is 1.96 bits per heavy atom. The summed E-state index contributed by atoms with van der Waals surface area (Å²) in [5.41, 5.74) is 0. The fourth-order valence-corrected chi connectivity index (χ4v) is 4.95. The molecule has 0 radical (unpaired) electrons. The van der Waals surface area contributed by atoms with Gasteiger partial charge in [0, 0.05) is 84.6 Å². The Labute approximate surface area is 186 Å². The molecule has 0 atom stereocenters. The van der Waals surface area contributed by atoms with Crippen LogP contribution in [0.15, 0.2) is 0 Å². The molecule has 3 aliphatic rings. The van der Waals surface area contributed by atoms with E-state index < -0.39 is 0 Å². The van der Waals surface area contributed by atoms with Crippen molar-refractivity contribution in [1.29, 1.82) is 0 Å². The van der Waals surface area contributed by atoms with Gasteiger partial charge in [0.15, 0.2) is 0 Å². The van der Waals surface area contributed by atoms with Crippen molar-refractivity contribution in [1.82, 2.24) is 15.1 Å². The number of nitrogens with one attached hydrogen (secondary N) is 1. The number of amides is 1. The van der Waals surface area contributed by atoms with E-state index in [9.17, 15) is 9.59 Å². The maximum atomic E-state index is 12.9. The van der Waals surface area contributed by atoms with Crippen molar-refractivity contribution in [2.75, 3.05) is 45.8 Å². The van der Waals surface area contributed by atoms with Gasteiger partial charge < -0.3 is 22.5 Å². The second kappa shape index (κ2) is 12.4. The first-order valence-electron chi connectivity index (χ1n) is 10.8. The average Bonchev–Trinajstić information content (AvgIpc) is 2.68. The quantitative estimate of drug-likeness (QED) is 0.524. The zero-order chi connectivity index (χ0) is 18.5. The third-order valence-corrected chi connectivity index (χ3v) is 6.70. The topological polar surface area (TPSA) is 52.7 Å². The fraction of sp³-hybridized carbons (Fsp3) is 0.864. The summed E-state index contributed by atoms with van der Waals surface area (Å²) in [6.07, 6.45) is 5.93. The summed E-state index contributed by atoms with van der Waals surface area (Å²) in [4.78, 5) is 29.7. The number of hydrogen-bond donors (Lipinski definition) is 1. The predicted octanol–water partition coefficient (Wildman–Crippen LogP) is 2.61. The van der Waals surface area contributed by atoms with Gasteiger partial charge in [0.1, 0.15) is 5.78 Å². The monoisotopic (exact) mass is 562 g/mol. The predicted molar refractivity (Wildman–Crippen MR) is 110 cm³/mol. The molecular formula is C22H40N3O2W-. The van der Waals surface area contributed by atoms with Crippen LogP contribution in [0.4, 0.5) is 0 Å². The molecule has 2 aliphatic heterocycles. The van der Waals surface area contributed by atoms with Gasteiger partial charge in [-0.2, -0.15) is 0 Å². The first kappa shape index (κ1) is 25.8. The second-order valence-electron chi connectivity index (χ2n) is 8.92. The zero-order valence-corrected chi connectivity index (χ0v) is 21.1. The van der Waals surface area contributed by atoms with Crippen molar-refractivity contribution in [3.8, 4) is 0 Å². The van der Waals surface area contributed by atoms with Gasteiger partial charge in [-0.15, -0.1) is 0 Å². The van der Waals surface area contributed by atoms with E-state index in [1.807, 2.05) is 13.8 Å². The molecule has 0 spiro atoms. The molecule has 1 aliphatic carbocycles. The third-order valence-electron chi connectivity index (χ3n) is 6.70. The molecule has 0 unspecified atom stereocenters. The van der Waals surface area contributed by atoms with Crippen LogP contribution in [0.1, 0.15) is 52.4 Å². The molecular weight excluding hydrogens is 522 g/mol. The number of rotatable bonds is 5. The number of carbonyl (C=O) groups is 2. The molecule has 1 amide bonds. The van der Waals surface area contributed by atoms with Gasteiger partial charge in [-0.3, -0.25) is 9.59 Å². The average molecular weight is 562 g/mol. The van der Waals surface area contributed by atoms with Gasteiger partial charge in [0.25, 0.3) is 0 Å². The minimum atomic E-state index is 0. The van der Waals surface area contributed by atoms with Crippen molar-refractivity contribution < 1.29 is 30.7 Å². The van der Waals surface area contributed by atoms with Crippen LogP contribution in [0.2, 0.25) is 0 Å². The number of Topliss-reactive ketones (excluding diaryl/α,β-unsaturated/α-hetero) is 1. The molecule has 162 valence electrons. The van der Waals surface area contributed by atoms with Gasteiger partial charge >= 0.3 is 0 Å². The summed E-state index contributed by atoms with van der Waals surface area (Å²) in [6, 6.07) is 0. The molecule has 0 aromatic carbocycles. The van der Waals surface area contributed by atoms with Crippen LogP contribution in [-0.2, 0) is 30.7 Å². The number of likely N-dealkylation sites (tertiary alicyclic amines) is 1. The molecule has 3 fully saturated rings. The molecule has 6 heteroatoms. The van der Waals surface area contributed by atoms with Gasteiger partial charge in [-0.25, -0.2) is 0 Å². The Kier molecular flexibility index (Phi) is 11.5. The van der Waals surface area contributed by atoms with Crippen molar-refractivity contribution in [2.45, 2.75) is 52.4 Å². The summed E-state index contributed by atoms with van der Waals surface area (Å²) in [6.45, 7) is 11.6. The van der Waals surface area contributed by atoms with Gasteiger partial charge in [0.05, 0.1) is 0 Å². The van der Waals surface area contributed by atoms with Crippen LogP contribution < -0.4 is 5.32 Å². The number of hydrogen-bond acceptors (Lipinski definition) is 4. The molecule has 1 N–H and O–H groups in total. The summed E-state index contributed by atoms with van der Waals surface area (Å²) < 4.78 is 0. The smallest absolute Gasteiger partial charge is 0.225 e. The molecule has 0 aromatic heterocycles. The maximum Gasteiger partial charge on any atom is 0.225 e. The van der Waals surface area contributed by atoms with E-state index in [0.717, 1.165) is 83.7 Å². The molecule has 2 heterocycles. The minimum absolute atomic E-state index is 0. The van der Waals surface area contributed by atoms with Gasteiger partial charge in [0.2, 0.25) is 5.91 Å².